The van der Waals surface area contributed by atoms with Gasteiger partial charge in [-0.25, -0.2) is 0 Å². The van der Waals surface area contributed by atoms with Gasteiger partial charge in [0.05, 0.1) is 11.2 Å². The van der Waals surface area contributed by atoms with Gasteiger partial charge in [-0.3, -0.25) is 4.98 Å². The maximum Gasteiger partial charge on any atom is 0.144 e. The number of phenols is 1. The standard InChI is InChI=1S/C13H8BN3O/c14-13-4-3-10(16-17-13)9-7-11-8(6-12(9)18)2-1-5-15-11/h1-7,18H. The Balaban J connectivity index is 2.22. The number of aromatic hydroxyl groups is 1. The average molecular weight is 233 g/mol. The van der Waals surface area contributed by atoms with E-state index in [-0.39, 0.29) is 5.75 Å². The lowest BCUT2D eigenvalue weighted by molar-refractivity contribution is 0.478. The van der Waals surface area contributed by atoms with Gasteiger partial charge in [-0.2, -0.15) is 10.2 Å². The Bertz CT molecular complexity index is 713. The average Bonchev–Trinajstić information content (AvgIpc) is 2.39. The van der Waals surface area contributed by atoms with Crippen LogP contribution in [0.4, 0.5) is 0 Å². The maximum absolute atomic E-state index is 10.0. The van der Waals surface area contributed by atoms with Crippen molar-refractivity contribution in [2.24, 2.45) is 0 Å². The molecule has 0 fully saturated rings. The minimum absolute atomic E-state index is 0.148. The number of fused-ring (bicyclic) bond motifs is 1. The highest BCUT2D eigenvalue weighted by Crippen LogP contribution is 2.30. The molecule has 0 aliphatic rings. The van der Waals surface area contributed by atoms with E-state index in [9.17, 15) is 5.11 Å². The van der Waals surface area contributed by atoms with Crippen LogP contribution in [0.1, 0.15) is 0 Å². The summed E-state index contributed by atoms with van der Waals surface area (Å²) < 4.78 is 0. The van der Waals surface area contributed by atoms with Crippen molar-refractivity contribution >= 4 is 24.3 Å². The lowest BCUT2D eigenvalue weighted by Crippen LogP contribution is -2.09. The smallest absolute Gasteiger partial charge is 0.144 e. The summed E-state index contributed by atoms with van der Waals surface area (Å²) in [7, 11) is 5.48. The molecule has 1 aromatic carbocycles. The van der Waals surface area contributed by atoms with Crippen LogP contribution in [0.2, 0.25) is 0 Å². The van der Waals surface area contributed by atoms with E-state index in [1.807, 2.05) is 12.1 Å². The summed E-state index contributed by atoms with van der Waals surface area (Å²) in [6, 6.07) is 10.5. The first-order valence-electron chi connectivity index (χ1n) is 5.41. The summed E-state index contributed by atoms with van der Waals surface area (Å²) in [6.07, 6.45) is 1.71. The summed E-state index contributed by atoms with van der Waals surface area (Å²) in [5, 5.41) is 18.6. The zero-order chi connectivity index (χ0) is 12.5. The molecule has 0 atom stereocenters. The highest BCUT2D eigenvalue weighted by Gasteiger charge is 2.08. The van der Waals surface area contributed by atoms with Crippen LogP contribution in [0.3, 0.4) is 0 Å². The molecule has 18 heavy (non-hydrogen) atoms. The zero-order valence-electron chi connectivity index (χ0n) is 9.41. The van der Waals surface area contributed by atoms with E-state index in [1.165, 1.54) is 0 Å². The fourth-order valence-electron chi connectivity index (χ4n) is 1.80. The first kappa shape index (κ1) is 10.7. The fourth-order valence-corrected chi connectivity index (χ4v) is 1.80. The SMILES string of the molecule is [B]c1ccc(-c2cc3ncccc3cc2O)nn1. The van der Waals surface area contributed by atoms with Crippen LogP contribution in [0, 0.1) is 0 Å². The Morgan fingerprint density at radius 1 is 1.06 bits per heavy atom. The van der Waals surface area contributed by atoms with Crippen molar-refractivity contribution in [1.82, 2.24) is 15.2 Å². The van der Waals surface area contributed by atoms with Gasteiger partial charge < -0.3 is 5.11 Å². The number of pyridine rings is 1. The van der Waals surface area contributed by atoms with Gasteiger partial charge in [-0.15, -0.1) is 0 Å². The molecule has 4 nitrogen and oxygen atoms in total. The van der Waals surface area contributed by atoms with Gasteiger partial charge in [0.2, 0.25) is 0 Å². The lowest BCUT2D eigenvalue weighted by Gasteiger charge is -2.05. The van der Waals surface area contributed by atoms with Crippen LogP contribution in [0.25, 0.3) is 22.2 Å². The highest BCUT2D eigenvalue weighted by atomic mass is 16.3. The summed E-state index contributed by atoms with van der Waals surface area (Å²) in [5.41, 5.74) is 2.30. The van der Waals surface area contributed by atoms with Crippen LogP contribution >= 0.6 is 0 Å². The Hall–Kier alpha value is -2.43. The summed E-state index contributed by atoms with van der Waals surface area (Å²) in [4.78, 5) is 4.24. The quantitative estimate of drug-likeness (QED) is 0.641. The molecule has 3 aromatic rings. The van der Waals surface area contributed by atoms with Crippen LogP contribution in [0.5, 0.6) is 5.75 Å². The summed E-state index contributed by atoms with van der Waals surface area (Å²) in [6.45, 7) is 0. The van der Waals surface area contributed by atoms with Crippen molar-refractivity contribution in [3.63, 3.8) is 0 Å². The molecule has 2 heterocycles. The highest BCUT2D eigenvalue weighted by molar-refractivity contribution is 6.30. The van der Waals surface area contributed by atoms with Crippen LogP contribution in [0.15, 0.2) is 42.6 Å². The van der Waals surface area contributed by atoms with Gasteiger partial charge in [0.1, 0.15) is 13.6 Å². The molecule has 3 rings (SSSR count). The van der Waals surface area contributed by atoms with Crippen molar-refractivity contribution in [1.29, 1.82) is 0 Å². The first-order valence-corrected chi connectivity index (χ1v) is 5.41. The predicted molar refractivity (Wildman–Crippen MR) is 69.8 cm³/mol. The Kier molecular flexibility index (Phi) is 2.44. The van der Waals surface area contributed by atoms with Crippen molar-refractivity contribution in [3.8, 4) is 17.0 Å². The topological polar surface area (TPSA) is 58.9 Å². The number of nitrogens with zero attached hydrogens (tertiary/aromatic N) is 3. The molecule has 0 bridgehead atoms. The summed E-state index contributed by atoms with van der Waals surface area (Å²) in [5.74, 6) is 0.148. The molecule has 0 saturated heterocycles. The Morgan fingerprint density at radius 2 is 1.94 bits per heavy atom. The van der Waals surface area contributed by atoms with E-state index in [1.54, 1.807) is 30.5 Å². The molecule has 84 valence electrons. The largest absolute Gasteiger partial charge is 0.507 e. The van der Waals surface area contributed by atoms with Crippen molar-refractivity contribution in [3.05, 3.63) is 42.6 Å². The molecule has 2 aromatic heterocycles. The normalized spacial score (nSPS) is 10.7. The summed E-state index contributed by atoms with van der Waals surface area (Å²) >= 11 is 0. The number of hydrogen-bond donors (Lipinski definition) is 1. The Morgan fingerprint density at radius 3 is 2.72 bits per heavy atom. The van der Waals surface area contributed by atoms with Gasteiger partial charge in [0.25, 0.3) is 0 Å². The van der Waals surface area contributed by atoms with Gasteiger partial charge >= 0.3 is 0 Å². The van der Waals surface area contributed by atoms with Gasteiger partial charge in [-0.1, -0.05) is 6.07 Å². The second-order valence-corrected chi connectivity index (χ2v) is 3.91. The van der Waals surface area contributed by atoms with E-state index >= 15 is 0 Å². The number of aromatic nitrogens is 3. The lowest BCUT2D eigenvalue weighted by atomic mass is 10.0. The van der Waals surface area contributed by atoms with Gasteiger partial charge in [0, 0.05) is 22.7 Å². The van der Waals surface area contributed by atoms with E-state index < -0.39 is 0 Å². The van der Waals surface area contributed by atoms with Crippen LogP contribution in [-0.2, 0) is 0 Å². The molecule has 0 saturated carbocycles. The molecule has 2 radical (unpaired) electrons. The van der Waals surface area contributed by atoms with Crippen molar-refractivity contribution in [2.45, 2.75) is 0 Å². The molecular formula is C13H8BN3O. The van der Waals surface area contributed by atoms with Crippen LogP contribution < -0.4 is 5.59 Å². The second-order valence-electron chi connectivity index (χ2n) is 3.91. The van der Waals surface area contributed by atoms with Crippen LogP contribution in [-0.4, -0.2) is 28.1 Å². The van der Waals surface area contributed by atoms with Crippen molar-refractivity contribution < 1.29 is 5.11 Å². The monoisotopic (exact) mass is 233 g/mol. The maximum atomic E-state index is 10.0. The second kappa shape index (κ2) is 4.11. The predicted octanol–water partition coefficient (Wildman–Crippen LogP) is 1.19. The fraction of sp³-hybridized carbons (Fsp3) is 0. The van der Waals surface area contributed by atoms with Crippen molar-refractivity contribution in [2.75, 3.05) is 0 Å². The Labute approximate surface area is 105 Å². The number of phenolic OH excluding ortho intramolecular Hbond substituents is 1. The van der Waals surface area contributed by atoms with E-state index in [2.05, 4.69) is 15.2 Å². The minimum Gasteiger partial charge on any atom is -0.507 e. The first-order chi connectivity index (χ1) is 8.74. The molecule has 0 aliphatic heterocycles. The minimum atomic E-state index is 0.148. The number of hydrogen-bond acceptors (Lipinski definition) is 4. The molecular weight excluding hydrogens is 225 g/mol. The molecule has 0 aliphatic carbocycles. The zero-order valence-corrected chi connectivity index (χ0v) is 9.41. The molecule has 5 heteroatoms. The molecule has 0 spiro atoms. The number of benzene rings is 1. The third kappa shape index (κ3) is 1.80. The molecule has 0 unspecified atom stereocenters. The third-order valence-electron chi connectivity index (χ3n) is 2.68. The third-order valence-corrected chi connectivity index (χ3v) is 2.68. The molecule has 1 N–H and O–H groups in total. The van der Waals surface area contributed by atoms with E-state index in [4.69, 9.17) is 7.85 Å². The van der Waals surface area contributed by atoms with Gasteiger partial charge in [-0.05, 0) is 30.3 Å². The number of rotatable bonds is 1. The van der Waals surface area contributed by atoms with E-state index in [0.717, 1.165) is 10.9 Å². The van der Waals surface area contributed by atoms with E-state index in [0.29, 0.717) is 16.9 Å². The van der Waals surface area contributed by atoms with Gasteiger partial charge in [0.15, 0.2) is 0 Å². The molecule has 0 amide bonds.